The Morgan fingerprint density at radius 1 is 1.32 bits per heavy atom. The van der Waals surface area contributed by atoms with Crippen molar-refractivity contribution in [3.63, 3.8) is 0 Å². The van der Waals surface area contributed by atoms with Crippen LogP contribution in [0.25, 0.3) is 0 Å². The molecule has 1 atom stereocenters. The first kappa shape index (κ1) is 18.4. The lowest BCUT2D eigenvalue weighted by molar-refractivity contribution is -0.128. The van der Waals surface area contributed by atoms with Crippen LogP contribution in [0.3, 0.4) is 0 Å². The molecule has 0 fully saturated rings. The molecule has 0 radical (unpaired) electrons. The maximum atomic E-state index is 12.9. The van der Waals surface area contributed by atoms with Gasteiger partial charge in [-0.15, -0.1) is 11.3 Å². The Labute approximate surface area is 169 Å². The second kappa shape index (κ2) is 7.96. The second-order valence-corrected chi connectivity index (χ2v) is 8.04. The van der Waals surface area contributed by atoms with Crippen LogP contribution in [-0.2, 0) is 16.1 Å². The highest BCUT2D eigenvalue weighted by Crippen LogP contribution is 2.33. The first-order valence-corrected chi connectivity index (χ1v) is 10.4. The molecule has 28 heavy (non-hydrogen) atoms. The van der Waals surface area contributed by atoms with Crippen molar-refractivity contribution in [2.45, 2.75) is 19.0 Å². The number of nitriles is 1. The van der Waals surface area contributed by atoms with Gasteiger partial charge in [-0.3, -0.25) is 14.6 Å². The van der Waals surface area contributed by atoms with Gasteiger partial charge >= 0.3 is 0 Å². The number of carbonyl (C=O) groups excluding carboxylic acids is 2. The Bertz CT molecular complexity index is 1020. The molecule has 2 aliphatic heterocycles. The molecule has 140 valence electrons. The number of rotatable bonds is 5. The van der Waals surface area contributed by atoms with E-state index in [2.05, 4.69) is 15.3 Å². The fourth-order valence-corrected chi connectivity index (χ4v) is 4.28. The van der Waals surface area contributed by atoms with Gasteiger partial charge in [0.15, 0.2) is 5.17 Å². The molecule has 0 spiro atoms. The lowest BCUT2D eigenvalue weighted by Crippen LogP contribution is -2.42. The molecule has 1 aromatic heterocycles. The topological polar surface area (TPSA) is 97.9 Å². The first-order chi connectivity index (χ1) is 13.7. The predicted octanol–water partition coefficient (Wildman–Crippen LogP) is 2.67. The lowest BCUT2D eigenvalue weighted by Gasteiger charge is -2.25. The fraction of sp³-hybridized carbons (Fsp3) is 0.211. The van der Waals surface area contributed by atoms with E-state index in [1.165, 1.54) is 16.7 Å². The molecule has 2 aliphatic rings. The Kier molecular flexibility index (Phi) is 5.23. The number of amidine groups is 2. The summed E-state index contributed by atoms with van der Waals surface area (Å²) in [7, 11) is 0. The molecule has 2 aromatic rings. The number of thioether (sulfide) groups is 1. The van der Waals surface area contributed by atoms with E-state index in [4.69, 9.17) is 5.26 Å². The molecule has 0 saturated heterocycles. The zero-order chi connectivity index (χ0) is 19.5. The van der Waals surface area contributed by atoms with E-state index in [1.54, 1.807) is 11.3 Å². The van der Waals surface area contributed by atoms with Gasteiger partial charge in [-0.05, 0) is 23.6 Å². The van der Waals surface area contributed by atoms with Gasteiger partial charge in [0.1, 0.15) is 11.9 Å². The highest BCUT2D eigenvalue weighted by atomic mass is 32.2. The average molecular weight is 409 g/mol. The Hall–Kier alpha value is -2.96. The SMILES string of the molecule is N#CCSC1=Nc2ccccc2C2=N[C@H](CC(=O)NCc3cccs3)C(=O)N12. The van der Waals surface area contributed by atoms with Crippen molar-refractivity contribution in [1.82, 2.24) is 10.2 Å². The van der Waals surface area contributed by atoms with Crippen molar-refractivity contribution in [2.75, 3.05) is 5.75 Å². The van der Waals surface area contributed by atoms with Gasteiger partial charge in [0.2, 0.25) is 5.91 Å². The van der Waals surface area contributed by atoms with Crippen LogP contribution >= 0.6 is 23.1 Å². The number of aliphatic imine (C=N–C) groups is 2. The molecule has 1 aromatic carbocycles. The van der Waals surface area contributed by atoms with Gasteiger partial charge in [-0.1, -0.05) is 30.0 Å². The second-order valence-electron chi connectivity index (χ2n) is 6.06. The number of thiophene rings is 1. The summed E-state index contributed by atoms with van der Waals surface area (Å²) < 4.78 is 0. The first-order valence-electron chi connectivity index (χ1n) is 8.56. The van der Waals surface area contributed by atoms with Gasteiger partial charge in [0.25, 0.3) is 5.91 Å². The number of hydrogen-bond donors (Lipinski definition) is 1. The van der Waals surface area contributed by atoms with Gasteiger partial charge in [-0.25, -0.2) is 9.89 Å². The largest absolute Gasteiger partial charge is 0.351 e. The van der Waals surface area contributed by atoms with Crippen LogP contribution in [0.2, 0.25) is 0 Å². The molecule has 0 unspecified atom stereocenters. The van der Waals surface area contributed by atoms with Gasteiger partial charge < -0.3 is 5.32 Å². The third-order valence-corrected chi connectivity index (χ3v) is 5.91. The van der Waals surface area contributed by atoms with E-state index < -0.39 is 6.04 Å². The van der Waals surface area contributed by atoms with Gasteiger partial charge in [0, 0.05) is 10.4 Å². The minimum atomic E-state index is -0.794. The maximum absolute atomic E-state index is 12.9. The number of benzene rings is 1. The number of carbonyl (C=O) groups is 2. The van der Waals surface area contributed by atoms with E-state index in [1.807, 2.05) is 47.8 Å². The zero-order valence-electron chi connectivity index (χ0n) is 14.7. The fourth-order valence-electron chi connectivity index (χ4n) is 2.98. The molecule has 0 bridgehead atoms. The molecule has 9 heteroatoms. The van der Waals surface area contributed by atoms with E-state index in [-0.39, 0.29) is 24.0 Å². The van der Waals surface area contributed by atoms with Crippen LogP contribution in [0.5, 0.6) is 0 Å². The smallest absolute Gasteiger partial charge is 0.259 e. The molecule has 4 rings (SSSR count). The number of amides is 2. The minimum absolute atomic E-state index is 0.0252. The third kappa shape index (κ3) is 3.56. The monoisotopic (exact) mass is 409 g/mol. The van der Waals surface area contributed by atoms with Crippen LogP contribution in [0.1, 0.15) is 16.9 Å². The Morgan fingerprint density at radius 2 is 2.18 bits per heavy atom. The van der Waals surface area contributed by atoms with Gasteiger partial charge in [-0.2, -0.15) is 5.26 Å². The normalized spacial score (nSPS) is 17.3. The molecular formula is C19H15N5O2S2. The number of para-hydroxylation sites is 1. The molecule has 3 heterocycles. The summed E-state index contributed by atoms with van der Waals surface area (Å²) in [4.78, 5) is 36.8. The summed E-state index contributed by atoms with van der Waals surface area (Å²) in [5.74, 6) is 0.142. The number of nitrogens with one attached hydrogen (secondary N) is 1. The molecule has 0 saturated carbocycles. The summed E-state index contributed by atoms with van der Waals surface area (Å²) in [5, 5.41) is 14.1. The van der Waals surface area contributed by atoms with Crippen LogP contribution in [0, 0.1) is 11.3 Å². The summed E-state index contributed by atoms with van der Waals surface area (Å²) >= 11 is 2.75. The summed E-state index contributed by atoms with van der Waals surface area (Å²) in [6, 6.07) is 12.5. The van der Waals surface area contributed by atoms with E-state index in [9.17, 15) is 9.59 Å². The van der Waals surface area contributed by atoms with Crippen molar-refractivity contribution in [3.8, 4) is 6.07 Å². The maximum Gasteiger partial charge on any atom is 0.259 e. The molecule has 1 N–H and O–H groups in total. The summed E-state index contributed by atoms with van der Waals surface area (Å²) in [6.45, 7) is 0.436. The highest BCUT2D eigenvalue weighted by Gasteiger charge is 2.41. The third-order valence-electron chi connectivity index (χ3n) is 4.23. The van der Waals surface area contributed by atoms with Crippen molar-refractivity contribution in [1.29, 1.82) is 5.26 Å². The predicted molar refractivity (Wildman–Crippen MR) is 110 cm³/mol. The van der Waals surface area contributed by atoms with Crippen LogP contribution in [0.4, 0.5) is 5.69 Å². The molecule has 0 aliphatic carbocycles. The standard InChI is InChI=1S/C19H15N5O2S2/c20-7-9-28-19-23-14-6-2-1-5-13(14)17-22-15(18(26)24(17)19)10-16(25)21-11-12-4-3-8-27-12/h1-6,8,15H,9-11H2,(H,21,25)/t15-/m1/s1. The minimum Gasteiger partial charge on any atom is -0.351 e. The van der Waals surface area contributed by atoms with Crippen molar-refractivity contribution >= 4 is 51.6 Å². The number of hydrogen-bond acceptors (Lipinski definition) is 7. The number of nitrogens with zero attached hydrogens (tertiary/aromatic N) is 4. The van der Waals surface area contributed by atoms with Crippen LogP contribution < -0.4 is 5.32 Å². The molecule has 7 nitrogen and oxygen atoms in total. The number of fused-ring (bicyclic) bond motifs is 3. The van der Waals surface area contributed by atoms with E-state index >= 15 is 0 Å². The van der Waals surface area contributed by atoms with Crippen LogP contribution in [-0.4, -0.2) is 39.5 Å². The Balaban J connectivity index is 1.54. The Morgan fingerprint density at radius 3 is 2.96 bits per heavy atom. The average Bonchev–Trinajstić information content (AvgIpc) is 3.33. The van der Waals surface area contributed by atoms with Crippen molar-refractivity contribution in [3.05, 3.63) is 52.2 Å². The van der Waals surface area contributed by atoms with Crippen molar-refractivity contribution < 1.29 is 9.59 Å². The zero-order valence-corrected chi connectivity index (χ0v) is 16.3. The molecule has 2 amide bonds. The molecular weight excluding hydrogens is 394 g/mol. The highest BCUT2D eigenvalue weighted by molar-refractivity contribution is 8.14. The summed E-state index contributed by atoms with van der Waals surface area (Å²) in [5.41, 5.74) is 1.45. The lowest BCUT2D eigenvalue weighted by atomic mass is 10.1. The van der Waals surface area contributed by atoms with Gasteiger partial charge in [0.05, 0.1) is 30.5 Å². The van der Waals surface area contributed by atoms with E-state index in [0.717, 1.165) is 10.4 Å². The van der Waals surface area contributed by atoms with E-state index in [0.29, 0.717) is 23.2 Å². The quantitative estimate of drug-likeness (QED) is 0.821. The van der Waals surface area contributed by atoms with Crippen LogP contribution in [0.15, 0.2) is 51.8 Å². The summed E-state index contributed by atoms with van der Waals surface area (Å²) in [6.07, 6.45) is -0.0252. The van der Waals surface area contributed by atoms with Crippen molar-refractivity contribution in [2.24, 2.45) is 9.98 Å².